The number of aryl methyl sites for hydroxylation is 3. The molecule has 33 heavy (non-hydrogen) atoms. The van der Waals surface area contributed by atoms with Gasteiger partial charge in [-0.25, -0.2) is 4.98 Å². The average Bonchev–Trinajstić information content (AvgIpc) is 3.12. The van der Waals surface area contributed by atoms with Gasteiger partial charge in [0, 0.05) is 30.8 Å². The number of carbonyl (C=O) groups is 1. The van der Waals surface area contributed by atoms with Gasteiger partial charge in [-0.2, -0.15) is 0 Å². The molecule has 0 aliphatic heterocycles. The lowest BCUT2D eigenvalue weighted by Crippen LogP contribution is -2.35. The number of H-pyrrole nitrogens is 1. The Morgan fingerprint density at radius 3 is 2.06 bits per heavy atom. The van der Waals surface area contributed by atoms with Crippen molar-refractivity contribution in [3.8, 4) is 0 Å². The highest BCUT2D eigenvalue weighted by molar-refractivity contribution is 7.18. The number of thiophene rings is 1. The summed E-state index contributed by atoms with van der Waals surface area (Å²) in [6.07, 6.45) is 2.38. The lowest BCUT2D eigenvalue weighted by molar-refractivity contribution is -0.131. The summed E-state index contributed by atoms with van der Waals surface area (Å²) in [4.78, 5) is 37.0. The number of fused-ring (bicyclic) bond motifs is 1. The van der Waals surface area contributed by atoms with Crippen LogP contribution >= 0.6 is 11.3 Å². The second-order valence-electron chi connectivity index (χ2n) is 8.33. The van der Waals surface area contributed by atoms with E-state index in [9.17, 15) is 9.59 Å². The van der Waals surface area contributed by atoms with Crippen LogP contribution in [0.15, 0.2) is 65.5 Å². The molecule has 0 fully saturated rings. The van der Waals surface area contributed by atoms with E-state index in [1.54, 1.807) is 0 Å². The zero-order valence-corrected chi connectivity index (χ0v) is 20.0. The standard InChI is InChI=1S/C27H29N3O2S/c1-19-20(2)33-27-25(19)26(32)28-23(29-27)13-14-24(31)30(17-15-21-9-5-3-6-10-21)18-16-22-11-7-4-8-12-22/h3-12H,13-18H2,1-2H3,(H,28,29,32). The molecular formula is C27H29N3O2S. The van der Waals surface area contributed by atoms with Crippen LogP contribution in [0.1, 0.15) is 33.8 Å². The van der Waals surface area contributed by atoms with E-state index in [1.807, 2.05) is 55.1 Å². The van der Waals surface area contributed by atoms with Crippen LogP contribution in [0.3, 0.4) is 0 Å². The summed E-state index contributed by atoms with van der Waals surface area (Å²) in [5.41, 5.74) is 3.30. The number of hydrogen-bond donors (Lipinski definition) is 1. The van der Waals surface area contributed by atoms with Gasteiger partial charge in [0.2, 0.25) is 5.91 Å². The van der Waals surface area contributed by atoms with E-state index in [0.29, 0.717) is 37.1 Å². The number of hydrogen-bond acceptors (Lipinski definition) is 4. The zero-order valence-electron chi connectivity index (χ0n) is 19.1. The van der Waals surface area contributed by atoms with Gasteiger partial charge in [-0.05, 0) is 43.4 Å². The third kappa shape index (κ3) is 5.76. The molecule has 0 radical (unpaired) electrons. The van der Waals surface area contributed by atoms with Crippen molar-refractivity contribution in [2.24, 2.45) is 0 Å². The van der Waals surface area contributed by atoms with Crippen molar-refractivity contribution in [1.29, 1.82) is 0 Å². The van der Waals surface area contributed by atoms with Crippen LogP contribution in [0.4, 0.5) is 0 Å². The normalized spacial score (nSPS) is 11.1. The zero-order chi connectivity index (χ0) is 23.2. The summed E-state index contributed by atoms with van der Waals surface area (Å²) in [5.74, 6) is 0.663. The number of carbonyl (C=O) groups excluding carboxylic acids is 1. The quantitative estimate of drug-likeness (QED) is 0.389. The highest BCUT2D eigenvalue weighted by atomic mass is 32.1. The van der Waals surface area contributed by atoms with Gasteiger partial charge in [0.1, 0.15) is 10.7 Å². The van der Waals surface area contributed by atoms with Crippen LogP contribution in [0.2, 0.25) is 0 Å². The minimum atomic E-state index is -0.116. The van der Waals surface area contributed by atoms with Crippen molar-refractivity contribution in [1.82, 2.24) is 14.9 Å². The molecule has 0 aliphatic rings. The fraction of sp³-hybridized carbons (Fsp3) is 0.296. The number of nitrogens with one attached hydrogen (secondary N) is 1. The molecule has 4 rings (SSSR count). The molecule has 1 N–H and O–H groups in total. The second-order valence-corrected chi connectivity index (χ2v) is 9.53. The molecule has 0 saturated heterocycles. The SMILES string of the molecule is Cc1sc2nc(CCC(=O)N(CCc3ccccc3)CCc3ccccc3)[nH]c(=O)c2c1C. The Balaban J connectivity index is 1.44. The van der Waals surface area contributed by atoms with Gasteiger partial charge in [-0.15, -0.1) is 11.3 Å². The Morgan fingerprint density at radius 1 is 0.909 bits per heavy atom. The van der Waals surface area contributed by atoms with Crippen LogP contribution < -0.4 is 5.56 Å². The fourth-order valence-electron chi connectivity index (χ4n) is 3.98. The fourth-order valence-corrected chi connectivity index (χ4v) is 5.03. The van der Waals surface area contributed by atoms with Crippen molar-refractivity contribution in [3.05, 3.63) is 98.4 Å². The average molecular weight is 460 g/mol. The van der Waals surface area contributed by atoms with Gasteiger partial charge in [0.15, 0.2) is 0 Å². The summed E-state index contributed by atoms with van der Waals surface area (Å²) in [6, 6.07) is 20.5. The predicted octanol–water partition coefficient (Wildman–Crippen LogP) is 4.85. The lowest BCUT2D eigenvalue weighted by atomic mass is 10.1. The number of aromatic nitrogens is 2. The lowest BCUT2D eigenvalue weighted by Gasteiger charge is -2.23. The molecule has 2 heterocycles. The van der Waals surface area contributed by atoms with Crippen molar-refractivity contribution in [2.75, 3.05) is 13.1 Å². The van der Waals surface area contributed by atoms with Gasteiger partial charge in [0.05, 0.1) is 5.39 Å². The van der Waals surface area contributed by atoms with Crippen molar-refractivity contribution in [2.45, 2.75) is 39.5 Å². The molecule has 0 bridgehead atoms. The Morgan fingerprint density at radius 2 is 1.48 bits per heavy atom. The van der Waals surface area contributed by atoms with Crippen molar-refractivity contribution < 1.29 is 4.79 Å². The second kappa shape index (κ2) is 10.6. The van der Waals surface area contributed by atoms with Gasteiger partial charge >= 0.3 is 0 Å². The van der Waals surface area contributed by atoms with Crippen LogP contribution in [0.25, 0.3) is 10.2 Å². The summed E-state index contributed by atoms with van der Waals surface area (Å²) in [6.45, 7) is 5.29. The third-order valence-corrected chi connectivity index (χ3v) is 7.14. The van der Waals surface area contributed by atoms with Gasteiger partial charge in [-0.3, -0.25) is 9.59 Å². The molecule has 4 aromatic rings. The molecular weight excluding hydrogens is 430 g/mol. The molecule has 2 aromatic carbocycles. The number of nitrogens with zero attached hydrogens (tertiary/aromatic N) is 2. The van der Waals surface area contributed by atoms with Gasteiger partial charge < -0.3 is 9.88 Å². The minimum absolute atomic E-state index is 0.0862. The van der Waals surface area contributed by atoms with E-state index in [2.05, 4.69) is 34.2 Å². The van der Waals surface area contributed by atoms with E-state index in [-0.39, 0.29) is 11.5 Å². The summed E-state index contributed by atoms with van der Waals surface area (Å²) < 4.78 is 0. The van der Waals surface area contributed by atoms with Gasteiger partial charge in [-0.1, -0.05) is 60.7 Å². The van der Waals surface area contributed by atoms with E-state index in [1.165, 1.54) is 22.5 Å². The number of aromatic amines is 1. The molecule has 5 nitrogen and oxygen atoms in total. The number of benzene rings is 2. The molecule has 0 atom stereocenters. The molecule has 0 aliphatic carbocycles. The van der Waals surface area contributed by atoms with E-state index in [4.69, 9.17) is 0 Å². The van der Waals surface area contributed by atoms with Crippen LogP contribution in [0, 0.1) is 13.8 Å². The summed E-state index contributed by atoms with van der Waals surface area (Å²) >= 11 is 1.53. The minimum Gasteiger partial charge on any atom is -0.342 e. The largest absolute Gasteiger partial charge is 0.342 e. The molecule has 0 saturated carbocycles. The maximum atomic E-state index is 13.2. The first-order chi connectivity index (χ1) is 16.0. The molecule has 6 heteroatoms. The molecule has 0 unspecified atom stereocenters. The Labute approximate surface area is 198 Å². The topological polar surface area (TPSA) is 66.1 Å². The Kier molecular flexibility index (Phi) is 7.35. The van der Waals surface area contributed by atoms with Gasteiger partial charge in [0.25, 0.3) is 5.56 Å². The molecule has 0 spiro atoms. The maximum absolute atomic E-state index is 13.2. The van der Waals surface area contributed by atoms with Crippen LogP contribution in [0.5, 0.6) is 0 Å². The maximum Gasteiger partial charge on any atom is 0.259 e. The Hall–Kier alpha value is -3.25. The smallest absolute Gasteiger partial charge is 0.259 e. The first kappa shape index (κ1) is 22.9. The van der Waals surface area contributed by atoms with Crippen LogP contribution in [-0.4, -0.2) is 33.9 Å². The number of amides is 1. The summed E-state index contributed by atoms with van der Waals surface area (Å²) in [7, 11) is 0. The van der Waals surface area contributed by atoms with Crippen molar-refractivity contribution in [3.63, 3.8) is 0 Å². The molecule has 2 aromatic heterocycles. The summed E-state index contributed by atoms with van der Waals surface area (Å²) in [5, 5.41) is 0.667. The Bertz CT molecular complexity index is 1240. The van der Waals surface area contributed by atoms with Crippen LogP contribution in [-0.2, 0) is 24.1 Å². The predicted molar refractivity (Wildman–Crippen MR) is 135 cm³/mol. The first-order valence-corrected chi connectivity index (χ1v) is 12.2. The number of rotatable bonds is 9. The van der Waals surface area contributed by atoms with E-state index in [0.717, 1.165) is 28.1 Å². The third-order valence-electron chi connectivity index (χ3n) is 6.04. The molecule has 170 valence electrons. The first-order valence-electron chi connectivity index (χ1n) is 11.4. The van der Waals surface area contributed by atoms with Crippen molar-refractivity contribution >= 4 is 27.5 Å². The highest BCUT2D eigenvalue weighted by Gasteiger charge is 2.16. The van der Waals surface area contributed by atoms with E-state index >= 15 is 0 Å². The molecule has 1 amide bonds. The highest BCUT2D eigenvalue weighted by Crippen LogP contribution is 2.25. The monoisotopic (exact) mass is 459 g/mol. The van der Waals surface area contributed by atoms with E-state index < -0.39 is 0 Å².